The van der Waals surface area contributed by atoms with Crippen LogP contribution in [0.4, 0.5) is 0 Å². The third-order valence-electron chi connectivity index (χ3n) is 3.94. The fourth-order valence-electron chi connectivity index (χ4n) is 2.44. The van der Waals surface area contributed by atoms with E-state index in [-0.39, 0.29) is 30.5 Å². The molecule has 122 valence electrons. The maximum absolute atomic E-state index is 11.9. The SMILES string of the molecule is C#Cc1cn([C@@H]2CC(O)[C@H](COC(=O)C3CC3)O2)c(=O)[nH]c1=O. The van der Waals surface area contributed by atoms with E-state index in [0.717, 1.165) is 17.4 Å². The number of hydrogen-bond acceptors (Lipinski definition) is 6. The van der Waals surface area contributed by atoms with E-state index in [2.05, 4.69) is 10.9 Å². The number of esters is 1. The van der Waals surface area contributed by atoms with Gasteiger partial charge in [-0.25, -0.2) is 4.79 Å². The van der Waals surface area contributed by atoms with Crippen LogP contribution >= 0.6 is 0 Å². The molecule has 0 aromatic carbocycles. The fraction of sp³-hybridized carbons (Fsp3) is 0.533. The van der Waals surface area contributed by atoms with Crippen LogP contribution in [0.5, 0.6) is 0 Å². The van der Waals surface area contributed by atoms with E-state index in [1.165, 1.54) is 6.20 Å². The van der Waals surface area contributed by atoms with Gasteiger partial charge < -0.3 is 14.6 Å². The molecule has 3 rings (SSSR count). The molecular formula is C15H16N2O6. The second-order valence-corrected chi connectivity index (χ2v) is 5.69. The molecule has 1 unspecified atom stereocenters. The second kappa shape index (κ2) is 6.02. The molecule has 8 nitrogen and oxygen atoms in total. The molecule has 1 saturated heterocycles. The van der Waals surface area contributed by atoms with Gasteiger partial charge in [-0.1, -0.05) is 5.92 Å². The summed E-state index contributed by atoms with van der Waals surface area (Å²) in [6.45, 7) is -0.0763. The van der Waals surface area contributed by atoms with Gasteiger partial charge in [0, 0.05) is 12.6 Å². The Morgan fingerprint density at radius 3 is 2.91 bits per heavy atom. The summed E-state index contributed by atoms with van der Waals surface area (Å²) in [4.78, 5) is 36.9. The number of H-pyrrole nitrogens is 1. The summed E-state index contributed by atoms with van der Waals surface area (Å²) in [7, 11) is 0. The van der Waals surface area contributed by atoms with Crippen LogP contribution in [-0.2, 0) is 14.3 Å². The molecule has 2 N–H and O–H groups in total. The number of rotatable bonds is 4. The molecule has 0 spiro atoms. The number of hydrogen-bond donors (Lipinski definition) is 2. The first kappa shape index (κ1) is 15.5. The van der Waals surface area contributed by atoms with Crippen molar-refractivity contribution >= 4 is 5.97 Å². The summed E-state index contributed by atoms with van der Waals surface area (Å²) in [5.74, 6) is 1.85. The number of nitrogens with zero attached hydrogens (tertiary/aromatic N) is 1. The molecule has 8 heteroatoms. The highest BCUT2D eigenvalue weighted by Crippen LogP contribution is 2.31. The number of aliphatic hydroxyl groups excluding tert-OH is 1. The molecule has 23 heavy (non-hydrogen) atoms. The Hall–Kier alpha value is -2.37. The zero-order valence-corrected chi connectivity index (χ0v) is 12.2. The van der Waals surface area contributed by atoms with E-state index in [0.29, 0.717) is 0 Å². The van der Waals surface area contributed by atoms with Gasteiger partial charge in [0.1, 0.15) is 24.5 Å². The highest BCUT2D eigenvalue weighted by atomic mass is 16.6. The number of aliphatic hydroxyl groups is 1. The van der Waals surface area contributed by atoms with Crippen LogP contribution in [-0.4, -0.2) is 39.4 Å². The van der Waals surface area contributed by atoms with Crippen molar-refractivity contribution in [3.05, 3.63) is 32.6 Å². The van der Waals surface area contributed by atoms with E-state index >= 15 is 0 Å². The maximum Gasteiger partial charge on any atom is 0.330 e. The average Bonchev–Trinajstić information content (AvgIpc) is 3.29. The molecule has 1 aliphatic heterocycles. The molecule has 0 bridgehead atoms. The third-order valence-corrected chi connectivity index (χ3v) is 3.94. The van der Waals surface area contributed by atoms with Crippen LogP contribution < -0.4 is 11.2 Å². The normalized spacial score (nSPS) is 26.7. The van der Waals surface area contributed by atoms with Crippen LogP contribution in [0.3, 0.4) is 0 Å². The van der Waals surface area contributed by atoms with Crippen LogP contribution in [0.1, 0.15) is 31.1 Å². The minimum atomic E-state index is -0.889. The summed E-state index contributed by atoms with van der Waals surface area (Å²) in [6.07, 6.45) is 5.81. The van der Waals surface area contributed by atoms with Crippen LogP contribution in [0, 0.1) is 18.3 Å². The molecule has 1 aromatic heterocycles. The average molecular weight is 320 g/mol. The Morgan fingerprint density at radius 1 is 1.52 bits per heavy atom. The smallest absolute Gasteiger partial charge is 0.330 e. The molecular weight excluding hydrogens is 304 g/mol. The number of aromatic nitrogens is 2. The topological polar surface area (TPSA) is 111 Å². The number of aromatic amines is 1. The lowest BCUT2D eigenvalue weighted by Crippen LogP contribution is -2.33. The van der Waals surface area contributed by atoms with Crippen molar-refractivity contribution in [1.29, 1.82) is 0 Å². The first-order valence-electron chi connectivity index (χ1n) is 7.32. The molecule has 0 amide bonds. The summed E-state index contributed by atoms with van der Waals surface area (Å²) < 4.78 is 11.8. The van der Waals surface area contributed by atoms with Crippen molar-refractivity contribution in [2.75, 3.05) is 6.61 Å². The van der Waals surface area contributed by atoms with E-state index in [1.807, 2.05) is 0 Å². The standard InChI is InChI=1S/C15H16N2O6/c1-2-8-6-17(15(21)16-13(8)19)12-5-10(18)11(23-12)7-22-14(20)9-3-4-9/h1,6,9-12,18H,3-5,7H2,(H,16,19,21)/t10?,11-,12-/m0/s1. The van der Waals surface area contributed by atoms with E-state index < -0.39 is 29.7 Å². The fourth-order valence-corrected chi connectivity index (χ4v) is 2.44. The minimum absolute atomic E-state index is 0.00805. The van der Waals surface area contributed by atoms with E-state index in [1.54, 1.807) is 0 Å². The Labute approximate surface area is 131 Å². The van der Waals surface area contributed by atoms with Gasteiger partial charge in [0.2, 0.25) is 0 Å². The molecule has 1 saturated carbocycles. The van der Waals surface area contributed by atoms with E-state index in [4.69, 9.17) is 15.9 Å². The molecule has 1 aliphatic carbocycles. The first-order valence-corrected chi connectivity index (χ1v) is 7.32. The van der Waals surface area contributed by atoms with Crippen molar-refractivity contribution in [2.24, 2.45) is 5.92 Å². The number of ether oxygens (including phenoxy) is 2. The number of terminal acetylenes is 1. The van der Waals surface area contributed by atoms with Crippen molar-refractivity contribution in [3.8, 4) is 12.3 Å². The van der Waals surface area contributed by atoms with Gasteiger partial charge in [-0.3, -0.25) is 19.1 Å². The predicted octanol–water partition coefficient (Wildman–Crippen LogP) is -0.880. The summed E-state index contributed by atoms with van der Waals surface area (Å²) >= 11 is 0. The largest absolute Gasteiger partial charge is 0.463 e. The van der Waals surface area contributed by atoms with Gasteiger partial charge in [0.05, 0.1) is 12.0 Å². The highest BCUT2D eigenvalue weighted by Gasteiger charge is 2.38. The summed E-state index contributed by atoms with van der Waals surface area (Å²) in [6, 6.07) is 0. The van der Waals surface area contributed by atoms with Crippen molar-refractivity contribution in [3.63, 3.8) is 0 Å². The lowest BCUT2D eigenvalue weighted by atomic mass is 10.2. The monoisotopic (exact) mass is 320 g/mol. The number of nitrogens with one attached hydrogen (secondary N) is 1. The highest BCUT2D eigenvalue weighted by molar-refractivity contribution is 5.74. The Bertz CT molecular complexity index is 769. The Balaban J connectivity index is 1.70. The lowest BCUT2D eigenvalue weighted by molar-refractivity contribution is -0.151. The molecule has 2 aliphatic rings. The van der Waals surface area contributed by atoms with Gasteiger partial charge in [-0.15, -0.1) is 6.42 Å². The zero-order chi connectivity index (χ0) is 16.6. The predicted molar refractivity (Wildman–Crippen MR) is 77.5 cm³/mol. The van der Waals surface area contributed by atoms with Crippen molar-refractivity contribution in [1.82, 2.24) is 9.55 Å². The molecule has 0 radical (unpaired) electrons. The van der Waals surface area contributed by atoms with Crippen molar-refractivity contribution in [2.45, 2.75) is 37.7 Å². The quantitative estimate of drug-likeness (QED) is 0.550. The van der Waals surface area contributed by atoms with E-state index in [9.17, 15) is 19.5 Å². The molecule has 2 fully saturated rings. The Kier molecular flexibility index (Phi) is 4.07. The maximum atomic E-state index is 11.9. The first-order chi connectivity index (χ1) is 11.0. The summed E-state index contributed by atoms with van der Waals surface area (Å²) in [5, 5.41) is 10.0. The van der Waals surface area contributed by atoms with Gasteiger partial charge in [-0.05, 0) is 12.8 Å². The molecule has 3 atom stereocenters. The molecule has 1 aromatic rings. The lowest BCUT2D eigenvalue weighted by Gasteiger charge is -2.16. The van der Waals surface area contributed by atoms with Gasteiger partial charge in [0.15, 0.2) is 0 Å². The van der Waals surface area contributed by atoms with Crippen LogP contribution in [0.15, 0.2) is 15.8 Å². The van der Waals surface area contributed by atoms with Gasteiger partial charge in [0.25, 0.3) is 5.56 Å². The van der Waals surface area contributed by atoms with Crippen molar-refractivity contribution < 1.29 is 19.4 Å². The molecule has 2 heterocycles. The number of carbonyl (C=O) groups excluding carboxylic acids is 1. The zero-order valence-electron chi connectivity index (χ0n) is 12.2. The number of carbonyl (C=O) groups is 1. The van der Waals surface area contributed by atoms with Crippen LogP contribution in [0.25, 0.3) is 0 Å². The second-order valence-electron chi connectivity index (χ2n) is 5.69. The minimum Gasteiger partial charge on any atom is -0.463 e. The third kappa shape index (κ3) is 3.21. The van der Waals surface area contributed by atoms with Crippen LogP contribution in [0.2, 0.25) is 0 Å². The summed E-state index contributed by atoms with van der Waals surface area (Å²) in [5.41, 5.74) is -1.34. The van der Waals surface area contributed by atoms with Gasteiger partial charge >= 0.3 is 11.7 Å². The Morgan fingerprint density at radius 2 is 2.26 bits per heavy atom. The van der Waals surface area contributed by atoms with Gasteiger partial charge in [-0.2, -0.15) is 0 Å².